The van der Waals surface area contributed by atoms with E-state index in [-0.39, 0.29) is 12.6 Å². The maximum absolute atomic E-state index is 11.8. The molecule has 0 aromatic heterocycles. The van der Waals surface area contributed by atoms with Gasteiger partial charge >= 0.3 is 6.03 Å². The molecule has 0 spiro atoms. The summed E-state index contributed by atoms with van der Waals surface area (Å²) in [5, 5.41) is 13.8. The van der Waals surface area contributed by atoms with E-state index in [1.165, 1.54) is 6.42 Å². The monoisotopic (exact) mass is 315 g/mol. The molecule has 23 heavy (non-hydrogen) atoms. The number of ether oxygens (including phenoxy) is 1. The first-order valence-corrected chi connectivity index (χ1v) is 7.82. The fourth-order valence-corrected chi connectivity index (χ4v) is 2.67. The van der Waals surface area contributed by atoms with E-state index >= 15 is 0 Å². The van der Waals surface area contributed by atoms with Crippen LogP contribution in [-0.4, -0.2) is 24.6 Å². The summed E-state index contributed by atoms with van der Waals surface area (Å²) in [5.74, 6) is 0.398. The third-order valence-corrected chi connectivity index (χ3v) is 4.03. The quantitative estimate of drug-likeness (QED) is 0.892. The van der Waals surface area contributed by atoms with Gasteiger partial charge in [-0.25, -0.2) is 4.79 Å². The minimum Gasteiger partial charge on any atom is -0.484 e. The molecule has 2 rings (SSSR count). The average molecular weight is 315 g/mol. The molecule has 1 aliphatic rings. The minimum absolute atomic E-state index is 0.121. The number of carbonyl (C=O) groups is 2. The highest BCUT2D eigenvalue weighted by molar-refractivity contribution is 5.95. The molecule has 2 atom stereocenters. The first-order valence-electron chi connectivity index (χ1n) is 7.82. The second-order valence-electron chi connectivity index (χ2n) is 5.81. The van der Waals surface area contributed by atoms with E-state index in [1.807, 2.05) is 6.07 Å². The number of nitriles is 1. The maximum atomic E-state index is 11.8. The van der Waals surface area contributed by atoms with E-state index in [9.17, 15) is 9.59 Å². The molecule has 1 fully saturated rings. The van der Waals surface area contributed by atoms with Gasteiger partial charge < -0.3 is 10.1 Å². The number of imide groups is 1. The summed E-state index contributed by atoms with van der Waals surface area (Å²) in [4.78, 5) is 23.6. The summed E-state index contributed by atoms with van der Waals surface area (Å²) in [7, 11) is 0. The van der Waals surface area contributed by atoms with Crippen molar-refractivity contribution in [3.8, 4) is 11.8 Å². The molecule has 122 valence electrons. The molecule has 2 unspecified atom stereocenters. The summed E-state index contributed by atoms with van der Waals surface area (Å²) in [5.41, 5.74) is 0.516. The van der Waals surface area contributed by atoms with Gasteiger partial charge in [0.05, 0.1) is 11.6 Å². The van der Waals surface area contributed by atoms with Crippen LogP contribution in [0.15, 0.2) is 24.3 Å². The van der Waals surface area contributed by atoms with Crippen molar-refractivity contribution in [1.29, 1.82) is 5.26 Å². The SMILES string of the molecule is CC1CCCCC1NC(=O)NC(=O)COc1ccc(C#N)cc1. The number of benzene rings is 1. The summed E-state index contributed by atoms with van der Waals surface area (Å²) >= 11 is 0. The highest BCUT2D eigenvalue weighted by Gasteiger charge is 2.23. The number of amides is 3. The Balaban J connectivity index is 1.73. The molecular weight excluding hydrogens is 294 g/mol. The van der Waals surface area contributed by atoms with Crippen molar-refractivity contribution in [2.24, 2.45) is 5.92 Å². The van der Waals surface area contributed by atoms with Crippen LogP contribution < -0.4 is 15.4 Å². The lowest BCUT2D eigenvalue weighted by atomic mass is 9.86. The van der Waals surface area contributed by atoms with Crippen molar-refractivity contribution in [1.82, 2.24) is 10.6 Å². The summed E-state index contributed by atoms with van der Waals surface area (Å²) in [6, 6.07) is 8.06. The van der Waals surface area contributed by atoms with E-state index in [4.69, 9.17) is 10.00 Å². The Bertz CT molecular complexity index is 592. The normalized spacial score (nSPS) is 20.2. The third-order valence-electron chi connectivity index (χ3n) is 4.03. The lowest BCUT2D eigenvalue weighted by Gasteiger charge is -2.29. The lowest BCUT2D eigenvalue weighted by Crippen LogP contribution is -2.48. The molecule has 0 radical (unpaired) electrons. The lowest BCUT2D eigenvalue weighted by molar-refractivity contribution is -0.122. The van der Waals surface area contributed by atoms with Crippen molar-refractivity contribution in [2.75, 3.05) is 6.61 Å². The number of carbonyl (C=O) groups excluding carboxylic acids is 2. The standard InChI is InChI=1S/C17H21N3O3/c1-12-4-2-3-5-15(12)19-17(22)20-16(21)11-23-14-8-6-13(10-18)7-9-14/h6-9,12,15H,2-5,11H2,1H3,(H2,19,20,21,22). The molecule has 0 saturated heterocycles. The van der Waals surface area contributed by atoms with Gasteiger partial charge in [0.2, 0.25) is 0 Å². The van der Waals surface area contributed by atoms with Gasteiger partial charge in [-0.3, -0.25) is 10.1 Å². The van der Waals surface area contributed by atoms with Gasteiger partial charge in [-0.2, -0.15) is 5.26 Å². The molecular formula is C17H21N3O3. The molecule has 3 amide bonds. The van der Waals surface area contributed by atoms with Crippen LogP contribution in [0, 0.1) is 17.2 Å². The molecule has 1 aromatic carbocycles. The fourth-order valence-electron chi connectivity index (χ4n) is 2.67. The number of urea groups is 1. The van der Waals surface area contributed by atoms with Crippen LogP contribution in [0.5, 0.6) is 5.75 Å². The van der Waals surface area contributed by atoms with E-state index in [0.717, 1.165) is 19.3 Å². The zero-order chi connectivity index (χ0) is 16.7. The van der Waals surface area contributed by atoms with E-state index in [2.05, 4.69) is 17.6 Å². The Kier molecular flexibility index (Phi) is 5.98. The van der Waals surface area contributed by atoms with Gasteiger partial charge in [-0.05, 0) is 43.0 Å². The Labute approximate surface area is 135 Å². The fraction of sp³-hybridized carbons (Fsp3) is 0.471. The molecule has 1 saturated carbocycles. The zero-order valence-electron chi connectivity index (χ0n) is 13.2. The minimum atomic E-state index is -0.504. The van der Waals surface area contributed by atoms with E-state index in [0.29, 0.717) is 17.2 Å². The third kappa shape index (κ3) is 5.29. The number of hydrogen-bond acceptors (Lipinski definition) is 4. The number of rotatable bonds is 4. The number of nitrogens with zero attached hydrogens (tertiary/aromatic N) is 1. The number of nitrogens with one attached hydrogen (secondary N) is 2. The average Bonchev–Trinajstić information content (AvgIpc) is 2.55. The topological polar surface area (TPSA) is 91.2 Å². The molecule has 0 heterocycles. The first kappa shape index (κ1) is 16.8. The largest absolute Gasteiger partial charge is 0.484 e. The molecule has 0 aliphatic heterocycles. The van der Waals surface area contributed by atoms with Gasteiger partial charge in [0.15, 0.2) is 6.61 Å². The Morgan fingerprint density at radius 1 is 1.26 bits per heavy atom. The van der Waals surface area contributed by atoms with E-state index in [1.54, 1.807) is 24.3 Å². The molecule has 0 bridgehead atoms. The summed E-state index contributed by atoms with van der Waals surface area (Å²) in [6.45, 7) is 1.86. The predicted octanol–water partition coefficient (Wildman–Crippen LogP) is 2.34. The van der Waals surface area contributed by atoms with Crippen molar-refractivity contribution in [3.05, 3.63) is 29.8 Å². The van der Waals surface area contributed by atoms with Crippen molar-refractivity contribution in [3.63, 3.8) is 0 Å². The van der Waals surface area contributed by atoms with Crippen LogP contribution in [0.2, 0.25) is 0 Å². The van der Waals surface area contributed by atoms with Gasteiger partial charge in [-0.15, -0.1) is 0 Å². The second-order valence-corrected chi connectivity index (χ2v) is 5.81. The van der Waals surface area contributed by atoms with Crippen LogP contribution in [0.25, 0.3) is 0 Å². The zero-order valence-corrected chi connectivity index (χ0v) is 13.2. The first-order chi connectivity index (χ1) is 11.1. The molecule has 2 N–H and O–H groups in total. The Morgan fingerprint density at radius 2 is 1.96 bits per heavy atom. The molecule has 1 aromatic rings. The highest BCUT2D eigenvalue weighted by Crippen LogP contribution is 2.23. The maximum Gasteiger partial charge on any atom is 0.321 e. The van der Waals surface area contributed by atoms with Crippen molar-refractivity contribution >= 4 is 11.9 Å². The van der Waals surface area contributed by atoms with Crippen LogP contribution in [-0.2, 0) is 4.79 Å². The molecule has 6 heteroatoms. The van der Waals surface area contributed by atoms with Crippen LogP contribution >= 0.6 is 0 Å². The Hall–Kier alpha value is -2.55. The van der Waals surface area contributed by atoms with Gasteiger partial charge in [0, 0.05) is 6.04 Å². The Morgan fingerprint density at radius 3 is 2.61 bits per heavy atom. The molecule has 6 nitrogen and oxygen atoms in total. The van der Waals surface area contributed by atoms with Gasteiger partial charge in [0.25, 0.3) is 5.91 Å². The van der Waals surface area contributed by atoms with Crippen LogP contribution in [0.4, 0.5) is 4.79 Å². The van der Waals surface area contributed by atoms with Gasteiger partial charge in [-0.1, -0.05) is 19.8 Å². The predicted molar refractivity (Wildman–Crippen MR) is 84.7 cm³/mol. The highest BCUT2D eigenvalue weighted by atomic mass is 16.5. The van der Waals surface area contributed by atoms with Crippen LogP contribution in [0.3, 0.4) is 0 Å². The second kappa shape index (κ2) is 8.18. The molecule has 1 aliphatic carbocycles. The summed E-state index contributed by atoms with van der Waals surface area (Å²) < 4.78 is 5.28. The smallest absolute Gasteiger partial charge is 0.321 e. The van der Waals surface area contributed by atoms with Crippen LogP contribution in [0.1, 0.15) is 38.2 Å². The van der Waals surface area contributed by atoms with Crippen molar-refractivity contribution < 1.29 is 14.3 Å². The summed E-state index contributed by atoms with van der Waals surface area (Å²) in [6.07, 6.45) is 4.34. The van der Waals surface area contributed by atoms with Crippen molar-refractivity contribution in [2.45, 2.75) is 38.6 Å². The van der Waals surface area contributed by atoms with E-state index < -0.39 is 11.9 Å². The van der Waals surface area contributed by atoms with Gasteiger partial charge in [0.1, 0.15) is 5.75 Å². The number of hydrogen-bond donors (Lipinski definition) is 2.